The van der Waals surface area contributed by atoms with Gasteiger partial charge in [-0.1, -0.05) is 0 Å². The fraction of sp³-hybridized carbons (Fsp3) is 0.133. The third-order valence-corrected chi connectivity index (χ3v) is 4.07. The molecule has 0 unspecified atom stereocenters. The lowest BCUT2D eigenvalue weighted by molar-refractivity contribution is -0.114. The summed E-state index contributed by atoms with van der Waals surface area (Å²) in [6, 6.07) is 5.87. The van der Waals surface area contributed by atoms with Crippen LogP contribution < -0.4 is 0 Å². The van der Waals surface area contributed by atoms with E-state index < -0.39 is 11.6 Å². The van der Waals surface area contributed by atoms with Crippen LogP contribution in [0.1, 0.15) is 26.6 Å². The molecular weight excluding hydrogens is 300 g/mol. The van der Waals surface area contributed by atoms with Gasteiger partial charge in [-0.3, -0.25) is 19.7 Å². The second kappa shape index (κ2) is 6.40. The molecule has 0 atom stereocenters. The van der Waals surface area contributed by atoms with Crippen molar-refractivity contribution in [2.75, 3.05) is 0 Å². The molecule has 3 heterocycles. The van der Waals surface area contributed by atoms with E-state index in [1.807, 2.05) is 23.6 Å². The number of aromatic amines is 1. The molecule has 0 aliphatic heterocycles. The summed E-state index contributed by atoms with van der Waals surface area (Å²) in [5, 5.41) is 7.88. The molecule has 0 aromatic carbocycles. The molecule has 0 saturated heterocycles. The number of rotatable bonds is 6. The average molecular weight is 312 g/mol. The molecule has 0 fully saturated rings. The maximum atomic E-state index is 11.9. The summed E-state index contributed by atoms with van der Waals surface area (Å²) in [6.07, 6.45) is 5.58. The first-order valence-corrected chi connectivity index (χ1v) is 7.48. The smallest absolute Gasteiger partial charge is 0.265 e. The number of pyridine rings is 1. The predicted molar refractivity (Wildman–Crippen MR) is 80.8 cm³/mol. The highest BCUT2D eigenvalue weighted by Gasteiger charge is 2.19. The van der Waals surface area contributed by atoms with Crippen LogP contribution in [0.3, 0.4) is 0 Å². The first-order chi connectivity index (χ1) is 10.7. The van der Waals surface area contributed by atoms with Crippen LogP contribution in [0.25, 0.3) is 0 Å². The van der Waals surface area contributed by atoms with Gasteiger partial charge in [-0.25, -0.2) is 4.98 Å². The number of hydrogen-bond donors (Lipinski definition) is 1. The van der Waals surface area contributed by atoms with Crippen molar-refractivity contribution in [3.8, 4) is 0 Å². The topological polar surface area (TPSA) is 88.6 Å². The first-order valence-electron chi connectivity index (χ1n) is 6.60. The summed E-state index contributed by atoms with van der Waals surface area (Å²) < 4.78 is 0. The molecule has 0 bridgehead atoms. The molecule has 0 spiro atoms. The van der Waals surface area contributed by atoms with Gasteiger partial charge in [-0.05, 0) is 34.7 Å². The normalized spacial score (nSPS) is 10.5. The fourth-order valence-corrected chi connectivity index (χ4v) is 2.95. The van der Waals surface area contributed by atoms with Crippen molar-refractivity contribution in [2.24, 2.45) is 0 Å². The van der Waals surface area contributed by atoms with Crippen LogP contribution in [0.5, 0.6) is 0 Å². The molecule has 3 rings (SSSR count). The Bertz CT molecular complexity index is 781. The van der Waals surface area contributed by atoms with Gasteiger partial charge in [0.15, 0.2) is 5.82 Å². The summed E-state index contributed by atoms with van der Waals surface area (Å²) in [6.45, 7) is 0. The average Bonchev–Trinajstić information content (AvgIpc) is 3.19. The van der Waals surface area contributed by atoms with Crippen LogP contribution in [-0.2, 0) is 17.6 Å². The lowest BCUT2D eigenvalue weighted by Gasteiger charge is -1.97. The highest BCUT2D eigenvalue weighted by atomic mass is 32.1. The SMILES string of the molecule is O=C(Cc1csc(Cc2ccncc2)c1)C(=O)c1ncn[nH]1. The quantitative estimate of drug-likeness (QED) is 0.554. The van der Waals surface area contributed by atoms with Gasteiger partial charge in [0.2, 0.25) is 5.78 Å². The summed E-state index contributed by atoms with van der Waals surface area (Å²) in [5.74, 6) is -1.15. The summed E-state index contributed by atoms with van der Waals surface area (Å²) >= 11 is 1.58. The van der Waals surface area contributed by atoms with Crippen LogP contribution in [0, 0.1) is 0 Å². The zero-order chi connectivity index (χ0) is 15.4. The molecule has 0 aliphatic carbocycles. The number of carbonyl (C=O) groups is 2. The Morgan fingerprint density at radius 1 is 1.18 bits per heavy atom. The van der Waals surface area contributed by atoms with Crippen LogP contribution in [-0.4, -0.2) is 31.7 Å². The Morgan fingerprint density at radius 3 is 2.73 bits per heavy atom. The predicted octanol–water partition coefficient (Wildman–Crippen LogP) is 1.85. The highest BCUT2D eigenvalue weighted by molar-refractivity contribution is 7.10. The van der Waals surface area contributed by atoms with E-state index >= 15 is 0 Å². The molecule has 7 heteroatoms. The van der Waals surface area contributed by atoms with Crippen LogP contribution >= 0.6 is 11.3 Å². The van der Waals surface area contributed by atoms with Gasteiger partial charge in [-0.15, -0.1) is 11.3 Å². The van der Waals surface area contributed by atoms with Crippen molar-refractivity contribution in [1.29, 1.82) is 0 Å². The van der Waals surface area contributed by atoms with E-state index in [1.54, 1.807) is 23.7 Å². The summed E-state index contributed by atoms with van der Waals surface area (Å²) in [5.41, 5.74) is 2.00. The van der Waals surface area contributed by atoms with Crippen molar-refractivity contribution in [1.82, 2.24) is 20.2 Å². The monoisotopic (exact) mass is 312 g/mol. The second-order valence-corrected chi connectivity index (χ2v) is 5.71. The molecule has 0 saturated carbocycles. The second-order valence-electron chi connectivity index (χ2n) is 4.72. The van der Waals surface area contributed by atoms with Gasteiger partial charge < -0.3 is 0 Å². The molecule has 110 valence electrons. The Morgan fingerprint density at radius 2 is 2.00 bits per heavy atom. The standard InChI is InChI=1S/C15H12N4O2S/c20-13(14(21)15-17-9-18-19-15)7-11-6-12(22-8-11)5-10-1-3-16-4-2-10/h1-4,6,8-9H,5,7H2,(H,17,18,19). The minimum absolute atomic E-state index is 0.0164. The zero-order valence-electron chi connectivity index (χ0n) is 11.5. The van der Waals surface area contributed by atoms with Gasteiger partial charge in [0, 0.05) is 30.1 Å². The van der Waals surface area contributed by atoms with Gasteiger partial charge in [0.1, 0.15) is 6.33 Å². The van der Waals surface area contributed by atoms with Gasteiger partial charge in [-0.2, -0.15) is 5.10 Å². The number of Topliss-reactive ketones (excluding diaryl/α,β-unsaturated/α-hetero) is 2. The Balaban J connectivity index is 1.64. The van der Waals surface area contributed by atoms with Crippen LogP contribution in [0.2, 0.25) is 0 Å². The van der Waals surface area contributed by atoms with Crippen molar-refractivity contribution >= 4 is 22.9 Å². The molecule has 1 N–H and O–H groups in total. The van der Waals surface area contributed by atoms with Gasteiger partial charge >= 0.3 is 0 Å². The van der Waals surface area contributed by atoms with Crippen molar-refractivity contribution in [2.45, 2.75) is 12.8 Å². The maximum absolute atomic E-state index is 11.9. The van der Waals surface area contributed by atoms with Gasteiger partial charge in [0.05, 0.1) is 0 Å². The third-order valence-electron chi connectivity index (χ3n) is 3.08. The molecule has 0 aliphatic rings. The lowest BCUT2D eigenvalue weighted by atomic mass is 10.1. The number of H-pyrrole nitrogens is 1. The Kier molecular flexibility index (Phi) is 4.15. The van der Waals surface area contributed by atoms with E-state index in [0.29, 0.717) is 0 Å². The minimum atomic E-state index is -0.639. The van der Waals surface area contributed by atoms with Crippen molar-refractivity contribution < 1.29 is 9.59 Å². The maximum Gasteiger partial charge on any atom is 0.265 e. The zero-order valence-corrected chi connectivity index (χ0v) is 12.3. The number of nitrogens with zero attached hydrogens (tertiary/aromatic N) is 3. The molecule has 6 nitrogen and oxygen atoms in total. The molecule has 22 heavy (non-hydrogen) atoms. The molecular formula is C15H12N4O2S. The Hall–Kier alpha value is -2.67. The highest BCUT2D eigenvalue weighted by Crippen LogP contribution is 2.19. The number of thiophene rings is 1. The van der Waals surface area contributed by atoms with E-state index in [-0.39, 0.29) is 12.2 Å². The van der Waals surface area contributed by atoms with E-state index in [2.05, 4.69) is 20.2 Å². The van der Waals surface area contributed by atoms with Crippen molar-refractivity contribution in [3.63, 3.8) is 0 Å². The first kappa shape index (κ1) is 14.3. The fourth-order valence-electron chi connectivity index (χ4n) is 2.03. The summed E-state index contributed by atoms with van der Waals surface area (Å²) in [4.78, 5) is 32.6. The van der Waals surface area contributed by atoms with Gasteiger partial charge in [0.25, 0.3) is 5.78 Å². The minimum Gasteiger partial charge on any atom is -0.290 e. The van der Waals surface area contributed by atoms with E-state index in [4.69, 9.17) is 0 Å². The number of hydrogen-bond acceptors (Lipinski definition) is 6. The van der Waals surface area contributed by atoms with Crippen molar-refractivity contribution in [3.05, 3.63) is 64.1 Å². The number of nitrogens with one attached hydrogen (secondary N) is 1. The molecule has 0 radical (unpaired) electrons. The largest absolute Gasteiger partial charge is 0.290 e. The third kappa shape index (κ3) is 3.32. The lowest BCUT2D eigenvalue weighted by Crippen LogP contribution is -2.17. The van der Waals surface area contributed by atoms with E-state index in [1.165, 1.54) is 6.33 Å². The number of carbonyl (C=O) groups excluding carboxylic acids is 2. The molecule has 3 aromatic heterocycles. The van der Waals surface area contributed by atoms with E-state index in [9.17, 15) is 9.59 Å². The number of ketones is 2. The number of aromatic nitrogens is 4. The van der Waals surface area contributed by atoms with Crippen LogP contribution in [0.4, 0.5) is 0 Å². The molecule has 3 aromatic rings. The summed E-state index contributed by atoms with van der Waals surface area (Å²) in [7, 11) is 0. The molecule has 0 amide bonds. The van der Waals surface area contributed by atoms with E-state index in [0.717, 1.165) is 22.4 Å². The van der Waals surface area contributed by atoms with Crippen LogP contribution in [0.15, 0.2) is 42.3 Å². The Labute approximate surface area is 130 Å².